The van der Waals surface area contributed by atoms with Crippen LogP contribution in [0.1, 0.15) is 57.7 Å². The van der Waals surface area contributed by atoms with Gasteiger partial charge in [0.2, 0.25) is 0 Å². The topological polar surface area (TPSA) is 34.2 Å². The summed E-state index contributed by atoms with van der Waals surface area (Å²) in [4.78, 5) is 4.93. The summed E-state index contributed by atoms with van der Waals surface area (Å²) < 4.78 is 5.54. The van der Waals surface area contributed by atoms with Crippen molar-refractivity contribution in [1.29, 1.82) is 0 Å². The fourth-order valence-corrected chi connectivity index (χ4v) is 3.67. The van der Waals surface area contributed by atoms with E-state index in [9.17, 15) is 0 Å². The van der Waals surface area contributed by atoms with Crippen molar-refractivity contribution in [1.82, 2.24) is 10.3 Å². The van der Waals surface area contributed by atoms with Crippen molar-refractivity contribution in [3.63, 3.8) is 0 Å². The van der Waals surface area contributed by atoms with Crippen LogP contribution >= 0.6 is 11.3 Å². The predicted molar refractivity (Wildman–Crippen MR) is 80.8 cm³/mol. The number of hydrogen-bond acceptors (Lipinski definition) is 4. The Balaban J connectivity index is 2.25. The summed E-state index contributed by atoms with van der Waals surface area (Å²) in [6.45, 7) is 11.6. The summed E-state index contributed by atoms with van der Waals surface area (Å²) in [6, 6.07) is 0. The van der Waals surface area contributed by atoms with Crippen LogP contribution in [-0.4, -0.2) is 24.7 Å². The van der Waals surface area contributed by atoms with E-state index in [1.54, 1.807) is 11.3 Å². The zero-order chi connectivity index (χ0) is 13.9. The standard InChI is InChI=1S/C15H26N2OS/c1-5-8-16-15(6-9-18-10-7-15)13-17-12(11-19-13)14(2,3)4/h11,16H,5-10H2,1-4H3. The van der Waals surface area contributed by atoms with E-state index in [0.29, 0.717) is 0 Å². The van der Waals surface area contributed by atoms with Gasteiger partial charge in [0.25, 0.3) is 0 Å². The molecule has 0 aliphatic carbocycles. The highest BCUT2D eigenvalue weighted by Gasteiger charge is 2.37. The Morgan fingerprint density at radius 1 is 1.37 bits per heavy atom. The molecule has 0 aromatic carbocycles. The number of aromatic nitrogens is 1. The maximum Gasteiger partial charge on any atom is 0.113 e. The van der Waals surface area contributed by atoms with E-state index in [4.69, 9.17) is 9.72 Å². The first-order valence-electron chi connectivity index (χ1n) is 7.27. The molecule has 1 aliphatic rings. The second kappa shape index (κ2) is 5.90. The second-order valence-electron chi connectivity index (χ2n) is 6.41. The largest absolute Gasteiger partial charge is 0.381 e. The van der Waals surface area contributed by atoms with Crippen molar-refractivity contribution >= 4 is 11.3 Å². The van der Waals surface area contributed by atoms with Crippen molar-refractivity contribution in [3.8, 4) is 0 Å². The van der Waals surface area contributed by atoms with Gasteiger partial charge in [0.1, 0.15) is 5.01 Å². The molecule has 3 nitrogen and oxygen atoms in total. The molecule has 1 fully saturated rings. The van der Waals surface area contributed by atoms with Gasteiger partial charge in [0.05, 0.1) is 11.2 Å². The first kappa shape index (κ1) is 14.9. The van der Waals surface area contributed by atoms with Crippen LogP contribution in [-0.2, 0) is 15.7 Å². The highest BCUT2D eigenvalue weighted by Crippen LogP contribution is 2.36. The highest BCUT2D eigenvalue weighted by molar-refractivity contribution is 7.09. The number of thiazole rings is 1. The molecule has 2 heterocycles. The Morgan fingerprint density at radius 3 is 2.58 bits per heavy atom. The van der Waals surface area contributed by atoms with Gasteiger partial charge in [-0.05, 0) is 25.8 Å². The average Bonchev–Trinajstić information content (AvgIpc) is 2.87. The Morgan fingerprint density at radius 2 is 2.05 bits per heavy atom. The molecule has 0 atom stereocenters. The normalized spacial score (nSPS) is 19.6. The molecule has 108 valence electrons. The quantitative estimate of drug-likeness (QED) is 0.918. The minimum Gasteiger partial charge on any atom is -0.381 e. The van der Waals surface area contributed by atoms with E-state index < -0.39 is 0 Å². The summed E-state index contributed by atoms with van der Waals surface area (Å²) in [5.41, 5.74) is 1.38. The molecule has 0 unspecified atom stereocenters. The summed E-state index contributed by atoms with van der Waals surface area (Å²) in [5, 5.41) is 7.20. The van der Waals surface area contributed by atoms with Crippen molar-refractivity contribution in [2.24, 2.45) is 0 Å². The molecule has 0 bridgehead atoms. The van der Waals surface area contributed by atoms with Gasteiger partial charge in [-0.25, -0.2) is 4.98 Å². The summed E-state index contributed by atoms with van der Waals surface area (Å²) in [7, 11) is 0. The number of ether oxygens (including phenoxy) is 1. The Kier molecular flexibility index (Phi) is 4.64. The van der Waals surface area contributed by atoms with Crippen LogP contribution in [0.25, 0.3) is 0 Å². The highest BCUT2D eigenvalue weighted by atomic mass is 32.1. The van der Waals surface area contributed by atoms with Crippen LogP contribution in [0.4, 0.5) is 0 Å². The lowest BCUT2D eigenvalue weighted by Crippen LogP contribution is -2.47. The number of nitrogens with one attached hydrogen (secondary N) is 1. The maximum absolute atomic E-state index is 5.54. The SMILES string of the molecule is CCCNC1(c2nc(C(C)(C)C)cs2)CCOCC1. The number of hydrogen-bond donors (Lipinski definition) is 1. The minimum absolute atomic E-state index is 0.0441. The van der Waals surface area contributed by atoms with Gasteiger partial charge in [0.15, 0.2) is 0 Å². The second-order valence-corrected chi connectivity index (χ2v) is 7.27. The van der Waals surface area contributed by atoms with Gasteiger partial charge < -0.3 is 10.1 Å². The van der Waals surface area contributed by atoms with Gasteiger partial charge in [-0.15, -0.1) is 11.3 Å². The van der Waals surface area contributed by atoms with Crippen LogP contribution in [0.3, 0.4) is 0 Å². The molecule has 1 aromatic heterocycles. The van der Waals surface area contributed by atoms with Gasteiger partial charge in [0, 0.05) is 24.0 Å². The Bertz CT molecular complexity index is 403. The molecule has 0 radical (unpaired) electrons. The van der Waals surface area contributed by atoms with Gasteiger partial charge >= 0.3 is 0 Å². The molecule has 0 saturated carbocycles. The van der Waals surface area contributed by atoms with Crippen LogP contribution in [0.2, 0.25) is 0 Å². The van der Waals surface area contributed by atoms with Crippen molar-refractivity contribution < 1.29 is 4.74 Å². The van der Waals surface area contributed by atoms with E-state index in [1.165, 1.54) is 10.7 Å². The third-order valence-corrected chi connectivity index (χ3v) is 4.79. The lowest BCUT2D eigenvalue weighted by molar-refractivity contribution is 0.0366. The number of rotatable bonds is 4. The van der Waals surface area contributed by atoms with Crippen molar-refractivity contribution in [2.45, 2.75) is 57.9 Å². The molecule has 0 spiro atoms. The van der Waals surface area contributed by atoms with Gasteiger partial charge in [-0.1, -0.05) is 27.7 Å². The third-order valence-electron chi connectivity index (χ3n) is 3.74. The molecule has 1 N–H and O–H groups in total. The Labute approximate surface area is 120 Å². The molecule has 1 aromatic rings. The molecule has 4 heteroatoms. The zero-order valence-corrected chi connectivity index (χ0v) is 13.4. The molecule has 2 rings (SSSR count). The lowest BCUT2D eigenvalue weighted by Gasteiger charge is -2.36. The summed E-state index contributed by atoms with van der Waals surface area (Å²) >= 11 is 1.80. The Hall–Kier alpha value is -0.450. The smallest absolute Gasteiger partial charge is 0.113 e. The zero-order valence-electron chi connectivity index (χ0n) is 12.6. The van der Waals surface area contributed by atoms with Gasteiger partial charge in [-0.3, -0.25) is 0 Å². The minimum atomic E-state index is 0.0441. The molecule has 0 amide bonds. The molecular formula is C15H26N2OS. The number of nitrogens with zero attached hydrogens (tertiary/aromatic N) is 1. The lowest BCUT2D eigenvalue weighted by atomic mass is 9.89. The summed E-state index contributed by atoms with van der Waals surface area (Å²) in [6.07, 6.45) is 3.22. The van der Waals surface area contributed by atoms with Crippen LogP contribution < -0.4 is 5.32 Å². The van der Waals surface area contributed by atoms with Crippen LogP contribution in [0, 0.1) is 0 Å². The molecule has 19 heavy (non-hydrogen) atoms. The first-order chi connectivity index (χ1) is 8.98. The van der Waals surface area contributed by atoms with Crippen molar-refractivity contribution in [2.75, 3.05) is 19.8 Å². The van der Waals surface area contributed by atoms with E-state index in [2.05, 4.69) is 38.4 Å². The molecule has 1 saturated heterocycles. The predicted octanol–water partition coefficient (Wildman–Crippen LogP) is 3.45. The van der Waals surface area contributed by atoms with E-state index in [0.717, 1.165) is 39.0 Å². The van der Waals surface area contributed by atoms with E-state index in [-0.39, 0.29) is 11.0 Å². The third kappa shape index (κ3) is 3.36. The summed E-state index contributed by atoms with van der Waals surface area (Å²) in [5.74, 6) is 0. The average molecular weight is 282 g/mol. The van der Waals surface area contributed by atoms with Crippen molar-refractivity contribution in [3.05, 3.63) is 16.1 Å². The van der Waals surface area contributed by atoms with Gasteiger partial charge in [-0.2, -0.15) is 0 Å². The molecule has 1 aliphatic heterocycles. The maximum atomic E-state index is 5.54. The van der Waals surface area contributed by atoms with Crippen LogP contribution in [0.15, 0.2) is 5.38 Å². The van der Waals surface area contributed by atoms with E-state index in [1.807, 2.05) is 0 Å². The first-order valence-corrected chi connectivity index (χ1v) is 8.15. The van der Waals surface area contributed by atoms with Crippen LogP contribution in [0.5, 0.6) is 0 Å². The monoisotopic (exact) mass is 282 g/mol. The fraction of sp³-hybridized carbons (Fsp3) is 0.800. The fourth-order valence-electron chi connectivity index (χ4n) is 2.39. The van der Waals surface area contributed by atoms with E-state index >= 15 is 0 Å². The molecular weight excluding hydrogens is 256 g/mol.